The summed E-state index contributed by atoms with van der Waals surface area (Å²) in [5, 5.41) is 2.09. The number of nitrogens with two attached hydrogens (primary N) is 1. The van der Waals surface area contributed by atoms with Crippen molar-refractivity contribution in [3.63, 3.8) is 0 Å². The van der Waals surface area contributed by atoms with E-state index in [4.69, 9.17) is 5.73 Å². The van der Waals surface area contributed by atoms with Crippen molar-refractivity contribution >= 4 is 17.9 Å². The predicted molar refractivity (Wildman–Crippen MR) is 57.4 cm³/mol. The zero-order chi connectivity index (χ0) is 12.4. The Bertz CT molecular complexity index is 253. The quantitative estimate of drug-likeness (QED) is 0.629. The summed E-state index contributed by atoms with van der Waals surface area (Å²) in [5.74, 6) is -0.700. The maximum absolute atomic E-state index is 11.1. The molecule has 0 bridgehead atoms. The number of carbonyl (C=O) groups is 3. The van der Waals surface area contributed by atoms with Crippen molar-refractivity contribution in [3.8, 4) is 0 Å². The Kier molecular flexibility index (Phi) is 7.83. The zero-order valence-electron chi connectivity index (χ0n) is 9.45. The normalized spacial score (nSPS) is 9.56. The molecule has 0 heterocycles. The molecule has 0 aromatic carbocycles. The number of alkyl carbamates (subject to hydrolysis) is 1. The predicted octanol–water partition coefficient (Wildman–Crippen LogP) is 0.695. The Morgan fingerprint density at radius 3 is 2.31 bits per heavy atom. The summed E-state index contributed by atoms with van der Waals surface area (Å²) >= 11 is 0. The molecule has 0 atom stereocenters. The van der Waals surface area contributed by atoms with Crippen molar-refractivity contribution in [2.24, 2.45) is 5.73 Å². The van der Waals surface area contributed by atoms with Gasteiger partial charge < -0.3 is 10.5 Å². The molecule has 0 aliphatic carbocycles. The highest BCUT2D eigenvalue weighted by Crippen LogP contribution is 2.02. The van der Waals surface area contributed by atoms with Crippen LogP contribution >= 0.6 is 0 Å². The van der Waals surface area contributed by atoms with Crippen LogP contribution < -0.4 is 11.1 Å². The van der Waals surface area contributed by atoms with Gasteiger partial charge in [0.2, 0.25) is 11.8 Å². The van der Waals surface area contributed by atoms with Crippen LogP contribution in [0.25, 0.3) is 0 Å². The number of primary amides is 1. The monoisotopic (exact) mass is 230 g/mol. The molecule has 3 amide bonds. The first kappa shape index (κ1) is 14.4. The molecule has 6 nitrogen and oxygen atoms in total. The summed E-state index contributed by atoms with van der Waals surface area (Å²) in [4.78, 5) is 32.3. The third-order valence-corrected chi connectivity index (χ3v) is 1.84. The molecule has 0 aromatic rings. The van der Waals surface area contributed by atoms with Crippen LogP contribution in [0.15, 0.2) is 0 Å². The molecule has 16 heavy (non-hydrogen) atoms. The van der Waals surface area contributed by atoms with Crippen molar-refractivity contribution in [1.82, 2.24) is 5.32 Å². The Morgan fingerprint density at radius 2 is 1.75 bits per heavy atom. The van der Waals surface area contributed by atoms with E-state index in [1.807, 2.05) is 0 Å². The summed E-state index contributed by atoms with van der Waals surface area (Å²) in [7, 11) is 0. The Hall–Kier alpha value is -1.59. The van der Waals surface area contributed by atoms with E-state index in [0.717, 1.165) is 6.42 Å². The van der Waals surface area contributed by atoms with Gasteiger partial charge >= 0.3 is 6.09 Å². The number of rotatable bonds is 7. The first-order valence-electron chi connectivity index (χ1n) is 5.31. The third-order valence-electron chi connectivity index (χ3n) is 1.84. The van der Waals surface area contributed by atoms with Gasteiger partial charge in [0.1, 0.15) is 0 Å². The van der Waals surface area contributed by atoms with Crippen LogP contribution in [0.3, 0.4) is 0 Å². The van der Waals surface area contributed by atoms with Gasteiger partial charge in [0, 0.05) is 12.8 Å². The average molecular weight is 230 g/mol. The van der Waals surface area contributed by atoms with Gasteiger partial charge in [0.25, 0.3) is 0 Å². The molecule has 0 aliphatic heterocycles. The lowest BCUT2D eigenvalue weighted by Crippen LogP contribution is -2.30. The van der Waals surface area contributed by atoms with E-state index < -0.39 is 6.09 Å². The fourth-order valence-corrected chi connectivity index (χ4v) is 1.11. The van der Waals surface area contributed by atoms with E-state index in [0.29, 0.717) is 19.3 Å². The Morgan fingerprint density at radius 1 is 1.12 bits per heavy atom. The van der Waals surface area contributed by atoms with Gasteiger partial charge in [0.15, 0.2) is 0 Å². The number of amides is 3. The van der Waals surface area contributed by atoms with Crippen molar-refractivity contribution in [2.75, 3.05) is 6.61 Å². The molecular formula is C10H18N2O4. The molecule has 0 unspecified atom stereocenters. The fraction of sp³-hybridized carbons (Fsp3) is 0.700. The van der Waals surface area contributed by atoms with Gasteiger partial charge in [-0.3, -0.25) is 14.9 Å². The number of unbranched alkanes of at least 4 members (excludes halogenated alkanes) is 2. The van der Waals surface area contributed by atoms with Gasteiger partial charge in [-0.25, -0.2) is 4.79 Å². The summed E-state index contributed by atoms with van der Waals surface area (Å²) in [6, 6.07) is 0. The van der Waals surface area contributed by atoms with Crippen molar-refractivity contribution < 1.29 is 19.1 Å². The lowest BCUT2D eigenvalue weighted by molar-refractivity contribution is -0.120. The fourth-order valence-electron chi connectivity index (χ4n) is 1.11. The number of imide groups is 1. The molecule has 0 rings (SSSR count). The van der Waals surface area contributed by atoms with Crippen LogP contribution in [0.5, 0.6) is 0 Å². The Balaban J connectivity index is 3.43. The van der Waals surface area contributed by atoms with E-state index in [1.54, 1.807) is 6.92 Å². The molecule has 6 heteroatoms. The second-order valence-corrected chi connectivity index (χ2v) is 3.30. The lowest BCUT2D eigenvalue weighted by atomic mass is 10.1. The molecule has 0 spiro atoms. The standard InChI is InChI=1S/C10H18N2O4/c1-2-16-10(15)12-9(14)7-5-3-4-6-8(11)13/h2-7H2,1H3,(H2,11,13)(H,12,14,15). The van der Waals surface area contributed by atoms with Gasteiger partial charge in [-0.2, -0.15) is 0 Å². The summed E-state index contributed by atoms with van der Waals surface area (Å²) < 4.78 is 4.54. The number of carbonyl (C=O) groups excluding carboxylic acids is 3. The maximum atomic E-state index is 11.1. The number of nitrogens with one attached hydrogen (secondary N) is 1. The van der Waals surface area contributed by atoms with E-state index in [-0.39, 0.29) is 24.8 Å². The van der Waals surface area contributed by atoms with Gasteiger partial charge in [-0.05, 0) is 19.8 Å². The van der Waals surface area contributed by atoms with Crippen LogP contribution in [0.4, 0.5) is 4.79 Å². The van der Waals surface area contributed by atoms with Crippen LogP contribution in [-0.4, -0.2) is 24.5 Å². The van der Waals surface area contributed by atoms with Crippen LogP contribution in [0.1, 0.15) is 39.0 Å². The molecule has 3 N–H and O–H groups in total. The van der Waals surface area contributed by atoms with E-state index in [9.17, 15) is 14.4 Å². The molecule has 0 radical (unpaired) electrons. The van der Waals surface area contributed by atoms with Crippen molar-refractivity contribution in [1.29, 1.82) is 0 Å². The lowest BCUT2D eigenvalue weighted by Gasteiger charge is -2.03. The first-order chi connectivity index (χ1) is 7.56. The topological polar surface area (TPSA) is 98.5 Å². The second-order valence-electron chi connectivity index (χ2n) is 3.30. The van der Waals surface area contributed by atoms with Crippen LogP contribution in [0, 0.1) is 0 Å². The second kappa shape index (κ2) is 8.70. The minimum atomic E-state index is -0.718. The summed E-state index contributed by atoms with van der Waals surface area (Å²) in [6.07, 6.45) is 1.89. The molecule has 0 saturated heterocycles. The molecule has 0 aromatic heterocycles. The third kappa shape index (κ3) is 8.98. The molecular weight excluding hydrogens is 212 g/mol. The number of hydrogen-bond acceptors (Lipinski definition) is 4. The zero-order valence-corrected chi connectivity index (χ0v) is 9.45. The first-order valence-corrected chi connectivity index (χ1v) is 5.31. The number of ether oxygens (including phenoxy) is 1. The minimum absolute atomic E-state index is 0.234. The molecule has 0 saturated carbocycles. The summed E-state index contributed by atoms with van der Waals surface area (Å²) in [5.41, 5.74) is 4.95. The van der Waals surface area contributed by atoms with E-state index in [1.165, 1.54) is 0 Å². The smallest absolute Gasteiger partial charge is 0.413 e. The van der Waals surface area contributed by atoms with Gasteiger partial charge in [-0.15, -0.1) is 0 Å². The van der Waals surface area contributed by atoms with Crippen molar-refractivity contribution in [3.05, 3.63) is 0 Å². The largest absolute Gasteiger partial charge is 0.450 e. The van der Waals surface area contributed by atoms with Crippen molar-refractivity contribution in [2.45, 2.75) is 39.0 Å². The average Bonchev–Trinajstić information content (AvgIpc) is 2.16. The van der Waals surface area contributed by atoms with Gasteiger partial charge in [-0.1, -0.05) is 6.42 Å². The van der Waals surface area contributed by atoms with Gasteiger partial charge in [0.05, 0.1) is 6.61 Å². The highest BCUT2D eigenvalue weighted by Gasteiger charge is 2.07. The van der Waals surface area contributed by atoms with Crippen LogP contribution in [-0.2, 0) is 14.3 Å². The Labute approximate surface area is 94.5 Å². The van der Waals surface area contributed by atoms with Crippen LogP contribution in [0.2, 0.25) is 0 Å². The summed E-state index contributed by atoms with van der Waals surface area (Å²) in [6.45, 7) is 1.89. The highest BCUT2D eigenvalue weighted by atomic mass is 16.5. The maximum Gasteiger partial charge on any atom is 0.413 e. The SMILES string of the molecule is CCOC(=O)NC(=O)CCCCCC(N)=O. The molecule has 0 fully saturated rings. The van der Waals surface area contributed by atoms with E-state index in [2.05, 4.69) is 10.1 Å². The molecule has 92 valence electrons. The highest BCUT2D eigenvalue weighted by molar-refractivity contribution is 5.91. The van der Waals surface area contributed by atoms with E-state index >= 15 is 0 Å². The molecule has 0 aliphatic rings. The minimum Gasteiger partial charge on any atom is -0.450 e. The number of hydrogen-bond donors (Lipinski definition) is 2.